The largest absolute Gasteiger partial charge is 0.511 e. The smallest absolute Gasteiger partial charge is 0.357 e. The molecule has 0 aliphatic carbocycles. The van der Waals surface area contributed by atoms with E-state index in [0.29, 0.717) is 23.4 Å². The molecule has 0 saturated carbocycles. The van der Waals surface area contributed by atoms with Crippen molar-refractivity contribution in [3.63, 3.8) is 0 Å². The molecule has 3 rings (SSSR count). The third-order valence-electron chi connectivity index (χ3n) is 5.06. The van der Waals surface area contributed by atoms with Crippen LogP contribution in [0.5, 0.6) is 0 Å². The van der Waals surface area contributed by atoms with Crippen LogP contribution in [0.4, 0.5) is 13.2 Å². The van der Waals surface area contributed by atoms with E-state index in [1.54, 1.807) is 0 Å². The van der Waals surface area contributed by atoms with Gasteiger partial charge in [-0.1, -0.05) is 42.5 Å². The molecule has 0 amide bonds. The van der Waals surface area contributed by atoms with Crippen LogP contribution >= 0.6 is 0 Å². The van der Waals surface area contributed by atoms with Gasteiger partial charge in [-0.2, -0.15) is 17.5 Å². The summed E-state index contributed by atoms with van der Waals surface area (Å²) >= 11 is 0. The van der Waals surface area contributed by atoms with Crippen molar-refractivity contribution in [2.75, 3.05) is 19.6 Å². The van der Waals surface area contributed by atoms with Crippen LogP contribution in [0.15, 0.2) is 47.5 Å². The first-order valence-electron chi connectivity index (χ1n) is 9.80. The van der Waals surface area contributed by atoms with E-state index in [4.69, 9.17) is 0 Å². The lowest BCUT2D eigenvalue weighted by atomic mass is 10.0. The molecule has 0 atom stereocenters. The van der Waals surface area contributed by atoms with Crippen molar-refractivity contribution >= 4 is 26.8 Å². The Bertz CT molecular complexity index is 995. The van der Waals surface area contributed by atoms with E-state index in [9.17, 15) is 21.6 Å². The minimum Gasteiger partial charge on any atom is -0.357 e. The number of alkyl halides is 3. The molecule has 30 heavy (non-hydrogen) atoms. The normalized spacial score (nSPS) is 17.3. The predicted octanol–water partition coefficient (Wildman–Crippen LogP) is 3.21. The lowest BCUT2D eigenvalue weighted by Crippen LogP contribution is -2.51. The van der Waals surface area contributed by atoms with Gasteiger partial charge in [0, 0.05) is 25.7 Å². The van der Waals surface area contributed by atoms with Crippen molar-refractivity contribution in [1.82, 2.24) is 14.9 Å². The highest BCUT2D eigenvalue weighted by Gasteiger charge is 2.50. The monoisotopic (exact) mass is 442 g/mol. The molecule has 10 heteroatoms. The maximum Gasteiger partial charge on any atom is 0.511 e. The van der Waals surface area contributed by atoms with E-state index in [1.807, 2.05) is 49.4 Å². The summed E-state index contributed by atoms with van der Waals surface area (Å²) in [4.78, 5) is 4.62. The molecular weight excluding hydrogens is 417 g/mol. The van der Waals surface area contributed by atoms with Crippen molar-refractivity contribution in [2.24, 2.45) is 4.99 Å². The van der Waals surface area contributed by atoms with Gasteiger partial charge in [-0.05, 0) is 36.1 Å². The van der Waals surface area contributed by atoms with Gasteiger partial charge in [0.1, 0.15) is 0 Å². The number of nitrogens with zero attached hydrogens (tertiary/aromatic N) is 2. The fourth-order valence-corrected chi connectivity index (χ4v) is 4.48. The van der Waals surface area contributed by atoms with Crippen LogP contribution < -0.4 is 10.6 Å². The van der Waals surface area contributed by atoms with Gasteiger partial charge in [0.2, 0.25) is 0 Å². The van der Waals surface area contributed by atoms with Gasteiger partial charge >= 0.3 is 15.5 Å². The Morgan fingerprint density at radius 1 is 1.13 bits per heavy atom. The lowest BCUT2D eigenvalue weighted by molar-refractivity contribution is -0.0494. The summed E-state index contributed by atoms with van der Waals surface area (Å²) in [5.41, 5.74) is -4.20. The second-order valence-electron chi connectivity index (χ2n) is 7.10. The summed E-state index contributed by atoms with van der Waals surface area (Å²) in [7, 11) is -5.27. The molecule has 0 radical (unpaired) electrons. The van der Waals surface area contributed by atoms with Crippen molar-refractivity contribution in [1.29, 1.82) is 0 Å². The van der Waals surface area contributed by atoms with Crippen LogP contribution in [0.3, 0.4) is 0 Å². The van der Waals surface area contributed by atoms with Crippen molar-refractivity contribution in [3.05, 3.63) is 48.0 Å². The van der Waals surface area contributed by atoms with Crippen molar-refractivity contribution in [3.8, 4) is 0 Å². The van der Waals surface area contributed by atoms with Gasteiger partial charge in [-0.25, -0.2) is 13.4 Å². The van der Waals surface area contributed by atoms with E-state index < -0.39 is 15.5 Å². The first kappa shape index (κ1) is 22.4. The second-order valence-corrected chi connectivity index (χ2v) is 9.03. The highest BCUT2D eigenvalue weighted by Crippen LogP contribution is 2.29. The summed E-state index contributed by atoms with van der Waals surface area (Å²) in [5.74, 6) is 0.558. The number of halogens is 3. The number of fused-ring (bicyclic) bond motifs is 1. The van der Waals surface area contributed by atoms with Crippen molar-refractivity contribution < 1.29 is 21.6 Å². The summed E-state index contributed by atoms with van der Waals surface area (Å²) < 4.78 is 61.8. The molecule has 2 aromatic rings. The standard InChI is InChI=1S/C20H25F3N4O2S/c1-2-24-19(25-14-16-8-5-7-15-6-3-4-9-18(15)16)26-17-10-12-27(13-11-17)30(28,29)20(21,22)23/h3-9,17H,2,10-14H2,1H3,(H2,24,25,26). The number of aliphatic imine (C=N–C) groups is 1. The fourth-order valence-electron chi connectivity index (χ4n) is 3.49. The average Bonchev–Trinajstić information content (AvgIpc) is 2.72. The fraction of sp³-hybridized carbons (Fsp3) is 0.450. The molecule has 1 saturated heterocycles. The summed E-state index contributed by atoms with van der Waals surface area (Å²) in [6.07, 6.45) is 0.544. The van der Waals surface area contributed by atoms with Gasteiger partial charge in [-0.3, -0.25) is 0 Å². The van der Waals surface area contributed by atoms with Gasteiger partial charge in [0.05, 0.1) is 6.54 Å². The SMILES string of the molecule is CCNC(=NCc1cccc2ccccc12)NC1CCN(S(=O)(=O)C(F)(F)F)CC1. The molecule has 2 N–H and O–H groups in total. The van der Waals surface area contributed by atoms with E-state index in [1.165, 1.54) is 0 Å². The van der Waals surface area contributed by atoms with Crippen LogP contribution in [0.1, 0.15) is 25.3 Å². The zero-order valence-corrected chi connectivity index (χ0v) is 17.4. The van der Waals surface area contributed by atoms with Crippen LogP contribution in [0, 0.1) is 0 Å². The van der Waals surface area contributed by atoms with Crippen LogP contribution in [0.25, 0.3) is 10.8 Å². The molecule has 164 valence electrons. The third kappa shape index (κ3) is 5.04. The molecule has 0 bridgehead atoms. The van der Waals surface area contributed by atoms with E-state index in [2.05, 4.69) is 15.6 Å². The average molecular weight is 443 g/mol. The highest BCUT2D eigenvalue weighted by atomic mass is 32.2. The number of guanidine groups is 1. The third-order valence-corrected chi connectivity index (χ3v) is 6.69. The van der Waals surface area contributed by atoms with E-state index in [-0.39, 0.29) is 32.0 Å². The molecule has 0 aromatic heterocycles. The first-order valence-corrected chi connectivity index (χ1v) is 11.2. The molecular formula is C20H25F3N4O2S. The van der Waals surface area contributed by atoms with Crippen molar-refractivity contribution in [2.45, 2.75) is 37.9 Å². The Balaban J connectivity index is 1.65. The summed E-state index contributed by atoms with van der Waals surface area (Å²) in [5, 5.41) is 8.61. The zero-order chi connectivity index (χ0) is 21.8. The Morgan fingerprint density at radius 2 is 1.80 bits per heavy atom. The van der Waals surface area contributed by atoms with Gasteiger partial charge in [-0.15, -0.1) is 0 Å². The Morgan fingerprint density at radius 3 is 2.47 bits per heavy atom. The Labute approximate surface area is 174 Å². The second kappa shape index (κ2) is 9.22. The quantitative estimate of drug-likeness (QED) is 0.551. The minimum atomic E-state index is -5.27. The maximum absolute atomic E-state index is 12.7. The summed E-state index contributed by atoms with van der Waals surface area (Å²) in [6, 6.07) is 13.9. The van der Waals surface area contributed by atoms with E-state index >= 15 is 0 Å². The van der Waals surface area contributed by atoms with Crippen LogP contribution in [-0.4, -0.2) is 49.9 Å². The van der Waals surface area contributed by atoms with E-state index in [0.717, 1.165) is 16.3 Å². The molecule has 0 unspecified atom stereocenters. The van der Waals surface area contributed by atoms with Crippen LogP contribution in [0.2, 0.25) is 0 Å². The van der Waals surface area contributed by atoms with Gasteiger partial charge in [0.25, 0.3) is 0 Å². The lowest BCUT2D eigenvalue weighted by Gasteiger charge is -2.32. The summed E-state index contributed by atoms with van der Waals surface area (Å²) in [6.45, 7) is 2.64. The number of nitrogens with one attached hydrogen (secondary N) is 2. The molecule has 1 aliphatic heterocycles. The molecule has 6 nitrogen and oxygen atoms in total. The Kier molecular flexibility index (Phi) is 6.87. The zero-order valence-electron chi connectivity index (χ0n) is 16.6. The predicted molar refractivity (Wildman–Crippen MR) is 111 cm³/mol. The molecule has 0 spiro atoms. The number of hydrogen-bond donors (Lipinski definition) is 2. The number of sulfonamides is 1. The first-order chi connectivity index (χ1) is 14.2. The van der Waals surface area contributed by atoms with Gasteiger partial charge < -0.3 is 10.6 Å². The molecule has 1 fully saturated rings. The molecule has 2 aromatic carbocycles. The number of rotatable bonds is 5. The minimum absolute atomic E-state index is 0.157. The molecule has 1 aliphatic rings. The molecule has 1 heterocycles. The number of benzene rings is 2. The maximum atomic E-state index is 12.7. The highest BCUT2D eigenvalue weighted by molar-refractivity contribution is 7.90. The topological polar surface area (TPSA) is 73.8 Å². The van der Waals surface area contributed by atoms with Crippen LogP contribution in [-0.2, 0) is 16.6 Å². The Hall–Kier alpha value is -2.33. The van der Waals surface area contributed by atoms with Gasteiger partial charge in [0.15, 0.2) is 5.96 Å². The number of hydrogen-bond acceptors (Lipinski definition) is 3. The number of piperidine rings is 1.